The van der Waals surface area contributed by atoms with E-state index in [1.54, 1.807) is 0 Å². The normalized spacial score (nSPS) is 16.1. The molecule has 0 aromatic rings. The van der Waals surface area contributed by atoms with Gasteiger partial charge in [0, 0.05) is 19.7 Å². The van der Waals surface area contributed by atoms with E-state index in [9.17, 15) is 0 Å². The standard InChI is InChI=1S/C9H20OS7/c1-5-8(4)9(6-7(2)3)10-17(12,13)16-15-14-11/h7-9,11H,5-6H2,1-4H3/t8-,9+/m0/s1. The van der Waals surface area contributed by atoms with Crippen LogP contribution < -0.4 is 0 Å². The van der Waals surface area contributed by atoms with Crippen molar-refractivity contribution in [2.45, 2.75) is 46.6 Å². The lowest BCUT2D eigenvalue weighted by molar-refractivity contribution is 0.143. The summed E-state index contributed by atoms with van der Waals surface area (Å²) < 4.78 is 6.01. The maximum absolute atomic E-state index is 6.01. The molecular formula is C9H20OS7. The fraction of sp³-hybridized carbons (Fsp3) is 1.00. The molecule has 0 aliphatic heterocycles. The number of hydrogen-bond acceptors (Lipinski definition) is 7. The lowest BCUT2D eigenvalue weighted by atomic mass is 9.94. The summed E-state index contributed by atoms with van der Waals surface area (Å²) in [5.74, 6) is 1.11. The molecule has 0 radical (unpaired) electrons. The Labute approximate surface area is 131 Å². The summed E-state index contributed by atoms with van der Waals surface area (Å²) in [6.45, 7) is 6.92. The zero-order valence-electron chi connectivity index (χ0n) is 10.5. The SMILES string of the molecule is CC[C@H](C)[C@@H](CC(C)C)OS(=S)(=S)SSSS. The Morgan fingerprint density at radius 3 is 2.29 bits per heavy atom. The average Bonchev–Trinajstić information content (AvgIpc) is 2.23. The predicted molar refractivity (Wildman–Crippen MR) is 97.6 cm³/mol. The van der Waals surface area contributed by atoms with Crippen LogP contribution in [0.2, 0.25) is 0 Å². The van der Waals surface area contributed by atoms with Crippen molar-refractivity contribution in [3.63, 3.8) is 0 Å². The highest BCUT2D eigenvalue weighted by Crippen LogP contribution is 2.42. The molecule has 0 fully saturated rings. The van der Waals surface area contributed by atoms with Gasteiger partial charge in [-0.3, -0.25) is 4.18 Å². The van der Waals surface area contributed by atoms with Crippen LogP contribution in [0, 0.1) is 11.8 Å². The zero-order chi connectivity index (χ0) is 13.5. The molecule has 0 aliphatic carbocycles. The third-order valence-corrected chi connectivity index (χ3v) is 13.4. The van der Waals surface area contributed by atoms with Gasteiger partial charge in [-0.1, -0.05) is 45.8 Å². The molecule has 0 aromatic carbocycles. The van der Waals surface area contributed by atoms with Gasteiger partial charge in [-0.15, -0.1) is 0 Å². The third-order valence-electron chi connectivity index (χ3n) is 2.37. The fourth-order valence-corrected chi connectivity index (χ4v) is 12.6. The fourth-order valence-electron chi connectivity index (χ4n) is 1.31. The van der Waals surface area contributed by atoms with Gasteiger partial charge < -0.3 is 0 Å². The first-order valence-electron chi connectivity index (χ1n) is 5.42. The van der Waals surface area contributed by atoms with E-state index in [-0.39, 0.29) is 6.10 Å². The molecule has 1 nitrogen and oxygen atoms in total. The van der Waals surface area contributed by atoms with E-state index in [1.807, 2.05) is 0 Å². The Balaban J connectivity index is 4.51. The molecule has 0 amide bonds. The Morgan fingerprint density at radius 1 is 1.29 bits per heavy atom. The Bertz CT molecular complexity index is 288. The Morgan fingerprint density at radius 2 is 1.88 bits per heavy atom. The van der Waals surface area contributed by atoms with E-state index in [0.29, 0.717) is 11.8 Å². The molecule has 104 valence electrons. The van der Waals surface area contributed by atoms with Crippen molar-refractivity contribution in [1.29, 1.82) is 0 Å². The second kappa shape index (κ2) is 9.96. The highest BCUT2D eigenvalue weighted by Gasteiger charge is 2.21. The predicted octanol–water partition coefficient (Wildman–Crippen LogP) is 5.25. The van der Waals surface area contributed by atoms with Gasteiger partial charge in [0.25, 0.3) is 0 Å². The van der Waals surface area contributed by atoms with Gasteiger partial charge in [-0.05, 0) is 50.5 Å². The smallest absolute Gasteiger partial charge is 0.0823 e. The maximum Gasteiger partial charge on any atom is 0.0823 e. The van der Waals surface area contributed by atoms with Gasteiger partial charge in [0.1, 0.15) is 0 Å². The molecule has 0 saturated carbocycles. The summed E-state index contributed by atoms with van der Waals surface area (Å²) in [7, 11) is 4.32. The molecule has 0 heterocycles. The van der Waals surface area contributed by atoms with Crippen molar-refractivity contribution in [3.8, 4) is 0 Å². The molecule has 17 heavy (non-hydrogen) atoms. The summed E-state index contributed by atoms with van der Waals surface area (Å²) >= 11 is 14.8. The highest BCUT2D eigenvalue weighted by molar-refractivity contribution is 9.37. The van der Waals surface area contributed by atoms with Crippen LogP contribution in [0.4, 0.5) is 0 Å². The maximum atomic E-state index is 6.01. The first kappa shape index (κ1) is 19.1. The molecule has 0 saturated heterocycles. The molecule has 0 N–H and O–H groups in total. The average molecular weight is 369 g/mol. The van der Waals surface area contributed by atoms with Crippen molar-refractivity contribution >= 4 is 70.0 Å². The van der Waals surface area contributed by atoms with Crippen LogP contribution in [0.25, 0.3) is 0 Å². The minimum Gasteiger partial charge on any atom is -0.298 e. The minimum absolute atomic E-state index is 0.183. The summed E-state index contributed by atoms with van der Waals surface area (Å²) in [6, 6.07) is 0. The number of hydrogen-bond donors (Lipinski definition) is 1. The molecule has 8 heteroatoms. The van der Waals surface area contributed by atoms with E-state index < -0.39 is 6.46 Å². The molecule has 0 spiro atoms. The van der Waals surface area contributed by atoms with E-state index in [0.717, 1.165) is 12.8 Å². The first-order chi connectivity index (χ1) is 7.82. The monoisotopic (exact) mass is 368 g/mol. The zero-order valence-corrected chi connectivity index (χ0v) is 16.2. The second-order valence-corrected chi connectivity index (χ2v) is 16.9. The summed E-state index contributed by atoms with van der Waals surface area (Å²) in [4.78, 5) is 0. The quantitative estimate of drug-likeness (QED) is 0.436. The van der Waals surface area contributed by atoms with Crippen molar-refractivity contribution < 1.29 is 4.18 Å². The molecule has 0 unspecified atom stereocenters. The van der Waals surface area contributed by atoms with Gasteiger partial charge in [0.15, 0.2) is 0 Å². The molecule has 0 rings (SSSR count). The lowest BCUT2D eigenvalue weighted by Crippen LogP contribution is -2.24. The van der Waals surface area contributed by atoms with Crippen LogP contribution in [0.5, 0.6) is 0 Å². The van der Waals surface area contributed by atoms with Crippen LogP contribution in [0.1, 0.15) is 40.5 Å². The molecule has 0 aromatic heterocycles. The van der Waals surface area contributed by atoms with E-state index in [4.69, 9.17) is 26.6 Å². The van der Waals surface area contributed by atoms with Gasteiger partial charge in [0.2, 0.25) is 0 Å². The van der Waals surface area contributed by atoms with E-state index in [1.165, 1.54) is 29.5 Å². The molecule has 0 aliphatic rings. The Hall–Kier alpha value is 2.15. The molecular weight excluding hydrogens is 349 g/mol. The van der Waals surface area contributed by atoms with Crippen molar-refractivity contribution in [1.82, 2.24) is 0 Å². The van der Waals surface area contributed by atoms with Gasteiger partial charge in [-0.2, -0.15) is 0 Å². The highest BCUT2D eigenvalue weighted by atomic mass is 33.9. The van der Waals surface area contributed by atoms with Crippen molar-refractivity contribution in [2.24, 2.45) is 11.8 Å². The summed E-state index contributed by atoms with van der Waals surface area (Å²) in [6.07, 6.45) is 2.30. The number of rotatable bonds is 9. The number of thiol groups is 1. The molecule has 0 bridgehead atoms. The van der Waals surface area contributed by atoms with Crippen molar-refractivity contribution in [2.75, 3.05) is 0 Å². The molecule has 2 atom stereocenters. The van der Waals surface area contributed by atoms with E-state index >= 15 is 0 Å². The summed E-state index contributed by atoms with van der Waals surface area (Å²) in [5.41, 5.74) is 0. The van der Waals surface area contributed by atoms with Gasteiger partial charge in [-0.25, -0.2) is 0 Å². The Kier molecular flexibility index (Phi) is 11.2. The largest absolute Gasteiger partial charge is 0.298 e. The lowest BCUT2D eigenvalue weighted by Gasteiger charge is -2.26. The van der Waals surface area contributed by atoms with Crippen molar-refractivity contribution in [3.05, 3.63) is 0 Å². The van der Waals surface area contributed by atoms with Crippen LogP contribution in [0.3, 0.4) is 0 Å². The third kappa shape index (κ3) is 9.65. The first-order valence-corrected chi connectivity index (χ1v) is 13.9. The van der Waals surface area contributed by atoms with Crippen LogP contribution in [-0.2, 0) is 33.0 Å². The van der Waals surface area contributed by atoms with E-state index in [2.05, 4.69) is 39.4 Å². The second-order valence-electron chi connectivity index (χ2n) is 4.27. The topological polar surface area (TPSA) is 9.23 Å². The van der Waals surface area contributed by atoms with Crippen LogP contribution in [0.15, 0.2) is 0 Å². The van der Waals surface area contributed by atoms with Crippen LogP contribution >= 0.6 is 41.1 Å². The van der Waals surface area contributed by atoms with Gasteiger partial charge in [0.05, 0.1) is 12.6 Å². The van der Waals surface area contributed by atoms with Crippen LogP contribution in [-0.4, -0.2) is 6.10 Å². The minimum atomic E-state index is -1.87. The van der Waals surface area contributed by atoms with Gasteiger partial charge >= 0.3 is 0 Å². The summed E-state index contributed by atoms with van der Waals surface area (Å²) in [5, 5.41) is 0.